The van der Waals surface area contributed by atoms with Gasteiger partial charge in [-0.05, 0) is 80.8 Å². The maximum atomic E-state index is 13.0. The summed E-state index contributed by atoms with van der Waals surface area (Å²) in [5, 5.41) is 3.54. The zero-order chi connectivity index (χ0) is 22.3. The summed E-state index contributed by atoms with van der Waals surface area (Å²) in [4.78, 5) is 2.60. The van der Waals surface area contributed by atoms with E-state index in [-0.39, 0.29) is 30.6 Å². The number of ether oxygens (including phenoxy) is 2. The van der Waals surface area contributed by atoms with Crippen LogP contribution in [0.4, 0.5) is 4.39 Å². The lowest BCUT2D eigenvalue weighted by Crippen LogP contribution is -2.29. The number of rotatable bonds is 16. The molecule has 0 aliphatic heterocycles. The Morgan fingerprint density at radius 2 is 1.42 bits per heavy atom. The minimum atomic E-state index is -0.243. The molecule has 0 aliphatic carbocycles. The standard InChI is InChI=1S/C26H39FN2O2.2ClH/c1-4-6-16-29(17-7-5-2)18-8-15-28-20-23-11-14-25(26(19-23)30-3)31-21-22-9-12-24(27)13-10-22;;/h9-14,19,28H,4-8,15-18,20-21H2,1-3H3;2*1H. The number of halogens is 3. The molecule has 0 saturated heterocycles. The van der Waals surface area contributed by atoms with Crippen LogP contribution in [-0.2, 0) is 13.2 Å². The Morgan fingerprint density at radius 1 is 0.818 bits per heavy atom. The summed E-state index contributed by atoms with van der Waals surface area (Å²) in [5.74, 6) is 1.16. The van der Waals surface area contributed by atoms with E-state index in [1.165, 1.54) is 56.5 Å². The second-order valence-corrected chi connectivity index (χ2v) is 7.98. The average Bonchev–Trinajstić information content (AvgIpc) is 2.80. The van der Waals surface area contributed by atoms with Gasteiger partial charge in [0.05, 0.1) is 7.11 Å². The summed E-state index contributed by atoms with van der Waals surface area (Å²) in [6.07, 6.45) is 6.24. The van der Waals surface area contributed by atoms with E-state index in [0.29, 0.717) is 18.1 Å². The zero-order valence-electron chi connectivity index (χ0n) is 20.3. The second kappa shape index (κ2) is 18.8. The highest BCUT2D eigenvalue weighted by molar-refractivity contribution is 5.85. The lowest BCUT2D eigenvalue weighted by molar-refractivity contribution is 0.261. The Balaban J connectivity index is 0.00000512. The van der Waals surface area contributed by atoms with Crippen molar-refractivity contribution in [2.45, 2.75) is 59.1 Å². The van der Waals surface area contributed by atoms with Crippen molar-refractivity contribution in [2.24, 2.45) is 0 Å². The number of nitrogens with one attached hydrogen (secondary N) is 1. The van der Waals surface area contributed by atoms with Crippen LogP contribution in [0.3, 0.4) is 0 Å². The monoisotopic (exact) mass is 502 g/mol. The number of hydrogen-bond donors (Lipinski definition) is 1. The summed E-state index contributed by atoms with van der Waals surface area (Å²) in [7, 11) is 1.65. The fourth-order valence-electron chi connectivity index (χ4n) is 3.44. The van der Waals surface area contributed by atoms with Crippen LogP contribution in [0.1, 0.15) is 57.1 Å². The maximum Gasteiger partial charge on any atom is 0.161 e. The highest BCUT2D eigenvalue weighted by Gasteiger charge is 2.07. The van der Waals surface area contributed by atoms with E-state index in [2.05, 4.69) is 30.1 Å². The molecule has 0 unspecified atom stereocenters. The van der Waals surface area contributed by atoms with Gasteiger partial charge in [-0.3, -0.25) is 0 Å². The van der Waals surface area contributed by atoms with Crippen molar-refractivity contribution >= 4 is 24.8 Å². The van der Waals surface area contributed by atoms with E-state index in [1.807, 2.05) is 12.1 Å². The molecule has 1 N–H and O–H groups in total. The topological polar surface area (TPSA) is 33.7 Å². The van der Waals surface area contributed by atoms with Crippen LogP contribution in [0, 0.1) is 5.82 Å². The van der Waals surface area contributed by atoms with E-state index in [1.54, 1.807) is 19.2 Å². The first-order valence-corrected chi connectivity index (χ1v) is 11.6. The molecule has 188 valence electrons. The van der Waals surface area contributed by atoms with Crippen molar-refractivity contribution < 1.29 is 13.9 Å². The lowest BCUT2D eigenvalue weighted by atomic mass is 10.2. The van der Waals surface area contributed by atoms with Crippen LogP contribution in [0.5, 0.6) is 11.5 Å². The molecule has 0 spiro atoms. The minimum absolute atomic E-state index is 0. The van der Waals surface area contributed by atoms with Crippen LogP contribution >= 0.6 is 24.8 Å². The summed E-state index contributed by atoms with van der Waals surface area (Å²) in [6, 6.07) is 12.4. The molecule has 0 atom stereocenters. The molecule has 4 nitrogen and oxygen atoms in total. The molecule has 2 aromatic rings. The summed E-state index contributed by atoms with van der Waals surface area (Å²) in [6.45, 7) is 10.3. The van der Waals surface area contributed by atoms with E-state index < -0.39 is 0 Å². The fraction of sp³-hybridized carbons (Fsp3) is 0.538. The first kappa shape index (κ1) is 31.5. The molecule has 2 rings (SSSR count). The van der Waals surface area contributed by atoms with Crippen molar-refractivity contribution in [2.75, 3.05) is 33.3 Å². The molecule has 33 heavy (non-hydrogen) atoms. The summed E-state index contributed by atoms with van der Waals surface area (Å²) >= 11 is 0. The molecule has 2 aromatic carbocycles. The van der Waals surface area contributed by atoms with Crippen molar-refractivity contribution in [3.63, 3.8) is 0 Å². The molecule has 0 bridgehead atoms. The average molecular weight is 504 g/mol. The van der Waals surface area contributed by atoms with Gasteiger partial charge in [-0.1, -0.05) is 44.9 Å². The van der Waals surface area contributed by atoms with Crippen LogP contribution < -0.4 is 14.8 Å². The van der Waals surface area contributed by atoms with Crippen LogP contribution in [0.25, 0.3) is 0 Å². The molecule has 0 saturated carbocycles. The lowest BCUT2D eigenvalue weighted by Gasteiger charge is -2.22. The molecule has 0 radical (unpaired) electrons. The molecule has 0 amide bonds. The van der Waals surface area contributed by atoms with Gasteiger partial charge in [-0.15, -0.1) is 24.8 Å². The van der Waals surface area contributed by atoms with Crippen LogP contribution in [0.2, 0.25) is 0 Å². The predicted octanol–water partition coefficient (Wildman–Crippen LogP) is 6.64. The van der Waals surface area contributed by atoms with Crippen molar-refractivity contribution in [3.05, 3.63) is 59.4 Å². The van der Waals surface area contributed by atoms with Gasteiger partial charge in [-0.25, -0.2) is 4.39 Å². The predicted molar refractivity (Wildman–Crippen MR) is 141 cm³/mol. The van der Waals surface area contributed by atoms with Gasteiger partial charge in [0.2, 0.25) is 0 Å². The van der Waals surface area contributed by atoms with Crippen molar-refractivity contribution in [1.82, 2.24) is 10.2 Å². The van der Waals surface area contributed by atoms with E-state index in [4.69, 9.17) is 9.47 Å². The third-order valence-corrected chi connectivity index (χ3v) is 5.35. The number of nitrogens with zero attached hydrogens (tertiary/aromatic N) is 1. The fourth-order valence-corrected chi connectivity index (χ4v) is 3.44. The Morgan fingerprint density at radius 3 is 2.03 bits per heavy atom. The zero-order valence-corrected chi connectivity index (χ0v) is 21.9. The second-order valence-electron chi connectivity index (χ2n) is 7.98. The van der Waals surface area contributed by atoms with E-state index in [0.717, 1.165) is 31.6 Å². The SMILES string of the molecule is CCCCN(CCCC)CCCNCc1ccc(OCc2ccc(F)cc2)c(OC)c1.Cl.Cl. The first-order chi connectivity index (χ1) is 15.2. The summed E-state index contributed by atoms with van der Waals surface area (Å²) < 4.78 is 24.4. The van der Waals surface area contributed by atoms with Gasteiger partial charge < -0.3 is 19.7 Å². The van der Waals surface area contributed by atoms with Crippen molar-refractivity contribution in [1.29, 1.82) is 0 Å². The number of hydrogen-bond acceptors (Lipinski definition) is 4. The largest absolute Gasteiger partial charge is 0.493 e. The van der Waals surface area contributed by atoms with E-state index >= 15 is 0 Å². The summed E-state index contributed by atoms with van der Waals surface area (Å²) in [5.41, 5.74) is 2.08. The van der Waals surface area contributed by atoms with Gasteiger partial charge in [0, 0.05) is 6.54 Å². The Kier molecular flexibility index (Phi) is 18.0. The third-order valence-electron chi connectivity index (χ3n) is 5.35. The quantitative estimate of drug-likeness (QED) is 0.261. The van der Waals surface area contributed by atoms with Gasteiger partial charge in [0.25, 0.3) is 0 Å². The van der Waals surface area contributed by atoms with Crippen molar-refractivity contribution in [3.8, 4) is 11.5 Å². The minimum Gasteiger partial charge on any atom is -0.493 e. The Labute approximate surface area is 212 Å². The van der Waals surface area contributed by atoms with Gasteiger partial charge in [-0.2, -0.15) is 0 Å². The number of benzene rings is 2. The van der Waals surface area contributed by atoms with E-state index in [9.17, 15) is 4.39 Å². The highest BCUT2D eigenvalue weighted by atomic mass is 35.5. The smallest absolute Gasteiger partial charge is 0.161 e. The molecule has 0 heterocycles. The Bertz CT molecular complexity index is 740. The molecular weight excluding hydrogens is 462 g/mol. The first-order valence-electron chi connectivity index (χ1n) is 11.6. The van der Waals surface area contributed by atoms with Crippen LogP contribution in [0.15, 0.2) is 42.5 Å². The number of unbranched alkanes of at least 4 members (excludes halogenated alkanes) is 2. The molecule has 0 fully saturated rings. The highest BCUT2D eigenvalue weighted by Crippen LogP contribution is 2.28. The maximum absolute atomic E-state index is 13.0. The normalized spacial score (nSPS) is 10.5. The Hall–Kier alpha value is -1.53. The van der Waals surface area contributed by atoms with Gasteiger partial charge in [0.1, 0.15) is 12.4 Å². The van der Waals surface area contributed by atoms with Gasteiger partial charge >= 0.3 is 0 Å². The third kappa shape index (κ3) is 12.5. The molecule has 0 aromatic heterocycles. The number of methoxy groups -OCH3 is 1. The van der Waals surface area contributed by atoms with Crippen LogP contribution in [-0.4, -0.2) is 38.2 Å². The molecular formula is C26H41Cl2FN2O2. The molecule has 0 aliphatic rings. The molecule has 7 heteroatoms. The van der Waals surface area contributed by atoms with Gasteiger partial charge in [0.15, 0.2) is 11.5 Å².